The van der Waals surface area contributed by atoms with Crippen LogP contribution in [0.5, 0.6) is 0 Å². The van der Waals surface area contributed by atoms with Crippen molar-refractivity contribution in [1.29, 1.82) is 0 Å². The summed E-state index contributed by atoms with van der Waals surface area (Å²) in [6.07, 6.45) is 1.28. The molecule has 6 heteroatoms. The minimum absolute atomic E-state index is 0. The van der Waals surface area contributed by atoms with Crippen LogP contribution in [0, 0.1) is 17.7 Å². The fourth-order valence-electron chi connectivity index (χ4n) is 3.55. The van der Waals surface area contributed by atoms with Crippen LogP contribution in [0.1, 0.15) is 31.4 Å². The summed E-state index contributed by atoms with van der Waals surface area (Å²) < 4.78 is 13.9. The van der Waals surface area contributed by atoms with Gasteiger partial charge in [0.15, 0.2) is 5.96 Å². The summed E-state index contributed by atoms with van der Waals surface area (Å²) in [4.78, 5) is 8.75. The van der Waals surface area contributed by atoms with E-state index in [1.54, 1.807) is 6.07 Å². The van der Waals surface area contributed by atoms with E-state index < -0.39 is 0 Å². The van der Waals surface area contributed by atoms with E-state index in [2.05, 4.69) is 29.1 Å². The molecule has 0 radical (unpaired) electrons. The Hall–Kier alpha value is -0.890. The Morgan fingerprint density at radius 2 is 1.92 bits per heavy atom. The first-order chi connectivity index (χ1) is 11.4. The molecule has 1 fully saturated rings. The normalized spacial score (nSPS) is 21.2. The van der Waals surface area contributed by atoms with E-state index in [0.717, 1.165) is 30.2 Å². The Morgan fingerprint density at radius 3 is 2.48 bits per heavy atom. The van der Waals surface area contributed by atoms with Crippen molar-refractivity contribution in [2.24, 2.45) is 16.8 Å². The Morgan fingerprint density at radius 1 is 1.28 bits per heavy atom. The van der Waals surface area contributed by atoms with Gasteiger partial charge in [0, 0.05) is 38.8 Å². The summed E-state index contributed by atoms with van der Waals surface area (Å²) in [5.41, 5.74) is 1.81. The molecule has 2 atom stereocenters. The molecule has 1 N–H and O–H groups in total. The number of piperidine rings is 1. The summed E-state index contributed by atoms with van der Waals surface area (Å²) in [6.45, 7) is 7.94. The second-order valence-electron chi connectivity index (χ2n) is 7.42. The van der Waals surface area contributed by atoms with Crippen LogP contribution in [0.4, 0.5) is 4.39 Å². The van der Waals surface area contributed by atoms with Crippen LogP contribution in [0.15, 0.2) is 23.2 Å². The predicted octanol–water partition coefficient (Wildman–Crippen LogP) is 3.56. The smallest absolute Gasteiger partial charge is 0.193 e. The second-order valence-corrected chi connectivity index (χ2v) is 7.42. The standard InChI is InChI=1S/C19H31FN4.HI/c1-14-8-15(2)12-24(11-14)19(21-3)22-10-16-6-7-18(20)17(9-16)13-23(4)5;/h6-7,9,14-15H,8,10-13H2,1-5H3,(H,21,22);1H. The number of nitrogens with zero attached hydrogens (tertiary/aromatic N) is 3. The molecule has 0 bridgehead atoms. The van der Waals surface area contributed by atoms with E-state index >= 15 is 0 Å². The van der Waals surface area contributed by atoms with Gasteiger partial charge in [-0.15, -0.1) is 24.0 Å². The molecule has 0 saturated carbocycles. The molecular weight excluding hydrogens is 430 g/mol. The lowest BCUT2D eigenvalue weighted by molar-refractivity contribution is 0.208. The quantitative estimate of drug-likeness (QED) is 0.422. The van der Waals surface area contributed by atoms with Crippen LogP contribution in [0.3, 0.4) is 0 Å². The highest BCUT2D eigenvalue weighted by Crippen LogP contribution is 2.21. The van der Waals surface area contributed by atoms with Crippen LogP contribution in [0.25, 0.3) is 0 Å². The lowest BCUT2D eigenvalue weighted by atomic mass is 9.92. The van der Waals surface area contributed by atoms with Gasteiger partial charge in [-0.1, -0.05) is 19.9 Å². The minimum atomic E-state index is -0.143. The van der Waals surface area contributed by atoms with Crippen molar-refractivity contribution in [2.75, 3.05) is 34.2 Å². The number of rotatable bonds is 4. The minimum Gasteiger partial charge on any atom is -0.352 e. The van der Waals surface area contributed by atoms with E-state index in [0.29, 0.717) is 24.9 Å². The number of hydrogen-bond donors (Lipinski definition) is 1. The molecule has 2 rings (SSSR count). The molecule has 4 nitrogen and oxygen atoms in total. The number of hydrogen-bond acceptors (Lipinski definition) is 2. The lowest BCUT2D eigenvalue weighted by Crippen LogP contribution is -2.48. The van der Waals surface area contributed by atoms with Crippen molar-refractivity contribution in [3.8, 4) is 0 Å². The summed E-state index contributed by atoms with van der Waals surface area (Å²) in [5.74, 6) is 2.16. The molecule has 0 amide bonds. The fourth-order valence-corrected chi connectivity index (χ4v) is 3.55. The SMILES string of the molecule is CN=C(NCc1ccc(F)c(CN(C)C)c1)N1CC(C)CC(C)C1.I. The molecule has 1 aromatic carbocycles. The highest BCUT2D eigenvalue weighted by Gasteiger charge is 2.23. The number of aliphatic imine (C=N–C) groups is 1. The number of halogens is 2. The highest BCUT2D eigenvalue weighted by atomic mass is 127. The van der Waals surface area contributed by atoms with Gasteiger partial charge in [-0.3, -0.25) is 4.99 Å². The van der Waals surface area contributed by atoms with E-state index in [1.807, 2.05) is 38.2 Å². The molecule has 0 aromatic heterocycles. The van der Waals surface area contributed by atoms with E-state index in [9.17, 15) is 4.39 Å². The predicted molar refractivity (Wildman–Crippen MR) is 114 cm³/mol. The Kier molecular flexibility index (Phi) is 9.13. The zero-order chi connectivity index (χ0) is 17.7. The average Bonchev–Trinajstić information content (AvgIpc) is 2.49. The van der Waals surface area contributed by atoms with Gasteiger partial charge in [-0.2, -0.15) is 0 Å². The van der Waals surface area contributed by atoms with Gasteiger partial charge < -0.3 is 15.1 Å². The lowest BCUT2D eigenvalue weighted by Gasteiger charge is -2.37. The molecule has 1 aromatic rings. The summed E-state index contributed by atoms with van der Waals surface area (Å²) in [5, 5.41) is 3.44. The van der Waals surface area contributed by atoms with E-state index in [-0.39, 0.29) is 29.8 Å². The van der Waals surface area contributed by atoms with E-state index in [1.165, 1.54) is 6.42 Å². The van der Waals surface area contributed by atoms with Crippen molar-refractivity contribution in [2.45, 2.75) is 33.4 Å². The van der Waals surface area contributed by atoms with Gasteiger partial charge in [0.05, 0.1) is 0 Å². The zero-order valence-corrected chi connectivity index (χ0v) is 18.4. The summed E-state index contributed by atoms with van der Waals surface area (Å²) >= 11 is 0. The highest BCUT2D eigenvalue weighted by molar-refractivity contribution is 14.0. The molecule has 1 saturated heterocycles. The largest absolute Gasteiger partial charge is 0.352 e. The molecule has 1 aliphatic rings. The number of benzene rings is 1. The van der Waals surface area contributed by atoms with Gasteiger partial charge in [0.1, 0.15) is 5.82 Å². The maximum absolute atomic E-state index is 13.9. The van der Waals surface area contributed by atoms with Crippen molar-refractivity contribution < 1.29 is 4.39 Å². The molecule has 0 spiro atoms. The second kappa shape index (κ2) is 10.3. The van der Waals surface area contributed by atoms with E-state index in [4.69, 9.17) is 0 Å². The molecule has 1 aliphatic heterocycles. The van der Waals surface area contributed by atoms with Crippen molar-refractivity contribution in [3.63, 3.8) is 0 Å². The maximum Gasteiger partial charge on any atom is 0.193 e. The van der Waals surface area contributed by atoms with Crippen LogP contribution >= 0.6 is 24.0 Å². The summed E-state index contributed by atoms with van der Waals surface area (Å²) in [6, 6.07) is 5.34. The van der Waals surface area contributed by atoms with Crippen LogP contribution in [-0.4, -0.2) is 50.0 Å². The molecule has 1 heterocycles. The molecule has 142 valence electrons. The number of nitrogens with one attached hydrogen (secondary N) is 1. The third-order valence-electron chi connectivity index (χ3n) is 4.43. The van der Waals surface area contributed by atoms with Gasteiger partial charge in [0.2, 0.25) is 0 Å². The van der Waals surface area contributed by atoms with Crippen molar-refractivity contribution in [3.05, 3.63) is 35.1 Å². The third kappa shape index (κ3) is 6.73. The zero-order valence-electron chi connectivity index (χ0n) is 16.1. The first-order valence-corrected chi connectivity index (χ1v) is 8.76. The average molecular weight is 462 g/mol. The maximum atomic E-state index is 13.9. The first kappa shape index (κ1) is 22.2. The van der Waals surface area contributed by atoms with Crippen LogP contribution < -0.4 is 5.32 Å². The van der Waals surface area contributed by atoms with Gasteiger partial charge >= 0.3 is 0 Å². The van der Waals surface area contributed by atoms with Crippen LogP contribution in [-0.2, 0) is 13.1 Å². The number of guanidine groups is 1. The topological polar surface area (TPSA) is 30.9 Å². The Labute approximate surface area is 168 Å². The molecular formula is C19H32FIN4. The first-order valence-electron chi connectivity index (χ1n) is 8.76. The Balaban J connectivity index is 0.00000312. The van der Waals surface area contributed by atoms with Crippen LogP contribution in [0.2, 0.25) is 0 Å². The molecule has 2 unspecified atom stereocenters. The number of likely N-dealkylation sites (tertiary alicyclic amines) is 1. The van der Waals surface area contributed by atoms with Crippen molar-refractivity contribution >= 4 is 29.9 Å². The molecule has 25 heavy (non-hydrogen) atoms. The fraction of sp³-hybridized carbons (Fsp3) is 0.632. The van der Waals surface area contributed by atoms with Gasteiger partial charge in [-0.25, -0.2) is 4.39 Å². The summed E-state index contributed by atoms with van der Waals surface area (Å²) in [7, 11) is 5.73. The van der Waals surface area contributed by atoms with Gasteiger partial charge in [0.25, 0.3) is 0 Å². The molecule has 0 aliphatic carbocycles. The van der Waals surface area contributed by atoms with Crippen molar-refractivity contribution in [1.82, 2.24) is 15.1 Å². The third-order valence-corrected chi connectivity index (χ3v) is 4.43. The Bertz CT molecular complexity index is 567. The monoisotopic (exact) mass is 462 g/mol. The van der Waals surface area contributed by atoms with Gasteiger partial charge in [-0.05, 0) is 50.0 Å².